The molecule has 1 aliphatic heterocycles. The van der Waals surface area contributed by atoms with Gasteiger partial charge in [-0.2, -0.15) is 0 Å². The zero-order chi connectivity index (χ0) is 13.7. The van der Waals surface area contributed by atoms with Crippen molar-refractivity contribution in [2.45, 2.75) is 26.7 Å². The molecule has 1 aromatic rings. The van der Waals surface area contributed by atoms with Crippen LogP contribution in [0.25, 0.3) is 0 Å². The summed E-state index contributed by atoms with van der Waals surface area (Å²) in [5, 5.41) is 0.753. The van der Waals surface area contributed by atoms with Crippen molar-refractivity contribution in [1.82, 2.24) is 4.90 Å². The summed E-state index contributed by atoms with van der Waals surface area (Å²) in [6.45, 7) is 9.01. The predicted molar refractivity (Wildman–Crippen MR) is 88.2 cm³/mol. The molecular formula is C16H25Cl2NO. The number of hydrogen-bond donors (Lipinski definition) is 0. The van der Waals surface area contributed by atoms with Gasteiger partial charge < -0.3 is 9.64 Å². The van der Waals surface area contributed by atoms with Gasteiger partial charge in [0.2, 0.25) is 0 Å². The molecule has 0 amide bonds. The summed E-state index contributed by atoms with van der Waals surface area (Å²) in [6, 6.07) is 7.59. The van der Waals surface area contributed by atoms with Crippen LogP contribution in [0.15, 0.2) is 24.3 Å². The molecule has 1 heterocycles. The molecule has 2 nitrogen and oxygen atoms in total. The molecule has 0 unspecified atom stereocenters. The number of piperidine rings is 1. The topological polar surface area (TPSA) is 12.5 Å². The summed E-state index contributed by atoms with van der Waals surface area (Å²) in [5.41, 5.74) is 0. The molecule has 2 rings (SSSR count). The fraction of sp³-hybridized carbons (Fsp3) is 0.625. The van der Waals surface area contributed by atoms with Gasteiger partial charge in [0.15, 0.2) is 0 Å². The van der Waals surface area contributed by atoms with Crippen molar-refractivity contribution in [3.05, 3.63) is 29.3 Å². The fourth-order valence-corrected chi connectivity index (χ4v) is 2.63. The maximum Gasteiger partial charge on any atom is 0.119 e. The Balaban J connectivity index is 0.00000200. The smallest absolute Gasteiger partial charge is 0.119 e. The van der Waals surface area contributed by atoms with Crippen LogP contribution in [0.2, 0.25) is 5.02 Å². The van der Waals surface area contributed by atoms with Crippen molar-refractivity contribution in [1.29, 1.82) is 0 Å². The quantitative estimate of drug-likeness (QED) is 0.792. The van der Waals surface area contributed by atoms with Crippen LogP contribution in [-0.4, -0.2) is 31.1 Å². The van der Waals surface area contributed by atoms with Crippen molar-refractivity contribution in [2.75, 3.05) is 26.2 Å². The number of nitrogens with zero attached hydrogens (tertiary/aromatic N) is 1. The van der Waals surface area contributed by atoms with Crippen molar-refractivity contribution in [3.63, 3.8) is 0 Å². The minimum absolute atomic E-state index is 0. The molecule has 114 valence electrons. The van der Waals surface area contributed by atoms with Crippen LogP contribution in [0.5, 0.6) is 5.75 Å². The lowest BCUT2D eigenvalue weighted by Crippen LogP contribution is -2.37. The van der Waals surface area contributed by atoms with E-state index in [9.17, 15) is 0 Å². The molecule has 0 bridgehead atoms. The van der Waals surface area contributed by atoms with Crippen LogP contribution in [-0.2, 0) is 0 Å². The van der Waals surface area contributed by atoms with Gasteiger partial charge in [0.1, 0.15) is 5.75 Å². The fourth-order valence-electron chi connectivity index (χ4n) is 2.51. The maximum atomic E-state index is 5.85. The Bertz CT molecular complexity index is 375. The van der Waals surface area contributed by atoms with Crippen LogP contribution in [0.1, 0.15) is 26.7 Å². The molecule has 0 N–H and O–H groups in total. The van der Waals surface area contributed by atoms with Gasteiger partial charge in [-0.25, -0.2) is 0 Å². The molecule has 1 aromatic carbocycles. The summed E-state index contributed by atoms with van der Waals surface area (Å²) >= 11 is 5.85. The van der Waals surface area contributed by atoms with Gasteiger partial charge in [-0.3, -0.25) is 0 Å². The van der Waals surface area contributed by atoms with E-state index in [-0.39, 0.29) is 12.4 Å². The van der Waals surface area contributed by atoms with E-state index in [1.807, 2.05) is 24.3 Å². The summed E-state index contributed by atoms with van der Waals surface area (Å²) in [5.74, 6) is 2.37. The summed E-state index contributed by atoms with van der Waals surface area (Å²) < 4.78 is 5.80. The monoisotopic (exact) mass is 317 g/mol. The molecule has 20 heavy (non-hydrogen) atoms. The van der Waals surface area contributed by atoms with E-state index in [0.717, 1.165) is 29.8 Å². The van der Waals surface area contributed by atoms with Crippen molar-refractivity contribution in [2.24, 2.45) is 11.8 Å². The summed E-state index contributed by atoms with van der Waals surface area (Å²) in [7, 11) is 0. The number of likely N-dealkylation sites (tertiary alicyclic amines) is 1. The van der Waals surface area contributed by atoms with Crippen LogP contribution >= 0.6 is 24.0 Å². The minimum Gasteiger partial charge on any atom is -0.493 e. The molecule has 0 spiro atoms. The lowest BCUT2D eigenvalue weighted by molar-refractivity contribution is 0.146. The van der Waals surface area contributed by atoms with E-state index in [1.54, 1.807) is 0 Å². The zero-order valence-corrected chi connectivity index (χ0v) is 13.9. The number of hydrogen-bond acceptors (Lipinski definition) is 2. The van der Waals surface area contributed by atoms with E-state index in [1.165, 1.54) is 25.9 Å². The molecule has 1 atom stereocenters. The van der Waals surface area contributed by atoms with Gasteiger partial charge in [0, 0.05) is 17.5 Å². The molecule has 0 saturated carbocycles. The third-order valence-corrected chi connectivity index (χ3v) is 4.05. The largest absolute Gasteiger partial charge is 0.493 e. The number of rotatable bonds is 5. The average Bonchev–Trinajstić information content (AvgIpc) is 2.41. The second kappa shape index (κ2) is 8.76. The summed E-state index contributed by atoms with van der Waals surface area (Å²) in [6.07, 6.45) is 2.68. The first-order valence-electron chi connectivity index (χ1n) is 7.24. The highest BCUT2D eigenvalue weighted by atomic mass is 35.5. The Morgan fingerprint density at radius 2 is 1.85 bits per heavy atom. The Labute approximate surface area is 133 Å². The van der Waals surface area contributed by atoms with E-state index in [2.05, 4.69) is 18.7 Å². The average molecular weight is 318 g/mol. The van der Waals surface area contributed by atoms with E-state index >= 15 is 0 Å². The molecule has 1 aliphatic rings. The van der Waals surface area contributed by atoms with Gasteiger partial charge in [0.25, 0.3) is 0 Å². The molecule has 0 aromatic heterocycles. The third kappa shape index (κ3) is 5.90. The molecule has 1 saturated heterocycles. The number of halogens is 2. The normalized spacial score (nSPS) is 18.4. The van der Waals surface area contributed by atoms with Crippen LogP contribution in [0, 0.1) is 11.8 Å². The Morgan fingerprint density at radius 3 is 2.45 bits per heavy atom. The Kier molecular flexibility index (Phi) is 7.71. The predicted octanol–water partition coefficient (Wildman–Crippen LogP) is 4.51. The zero-order valence-electron chi connectivity index (χ0n) is 12.3. The van der Waals surface area contributed by atoms with Gasteiger partial charge in [-0.05, 0) is 56.1 Å². The second-order valence-corrected chi connectivity index (χ2v) is 6.29. The van der Waals surface area contributed by atoms with E-state index < -0.39 is 0 Å². The number of benzene rings is 1. The molecular weight excluding hydrogens is 293 g/mol. The lowest BCUT2D eigenvalue weighted by Gasteiger charge is -2.32. The van der Waals surface area contributed by atoms with Crippen LogP contribution in [0.4, 0.5) is 0 Å². The van der Waals surface area contributed by atoms with Crippen LogP contribution < -0.4 is 4.74 Å². The van der Waals surface area contributed by atoms with Gasteiger partial charge in [0.05, 0.1) is 6.61 Å². The second-order valence-electron chi connectivity index (χ2n) is 5.85. The van der Waals surface area contributed by atoms with Crippen molar-refractivity contribution >= 4 is 24.0 Å². The lowest BCUT2D eigenvalue weighted by atomic mass is 9.98. The van der Waals surface area contributed by atoms with E-state index in [4.69, 9.17) is 16.3 Å². The SMILES string of the molecule is CC1CCN(C[C@H](C)COc2ccc(Cl)cc2)CC1.Cl. The third-order valence-electron chi connectivity index (χ3n) is 3.79. The maximum absolute atomic E-state index is 5.85. The molecule has 0 aliphatic carbocycles. The summed E-state index contributed by atoms with van der Waals surface area (Å²) in [4.78, 5) is 2.57. The molecule has 0 radical (unpaired) electrons. The first kappa shape index (κ1) is 17.6. The van der Waals surface area contributed by atoms with Gasteiger partial charge in [-0.1, -0.05) is 25.4 Å². The highest BCUT2D eigenvalue weighted by Crippen LogP contribution is 2.18. The molecule has 4 heteroatoms. The van der Waals surface area contributed by atoms with Gasteiger partial charge in [-0.15, -0.1) is 12.4 Å². The first-order chi connectivity index (χ1) is 9.13. The van der Waals surface area contributed by atoms with Gasteiger partial charge >= 0.3 is 0 Å². The molecule has 1 fully saturated rings. The van der Waals surface area contributed by atoms with Crippen molar-refractivity contribution < 1.29 is 4.74 Å². The number of ether oxygens (including phenoxy) is 1. The van der Waals surface area contributed by atoms with Crippen LogP contribution in [0.3, 0.4) is 0 Å². The highest BCUT2D eigenvalue weighted by molar-refractivity contribution is 6.30. The highest BCUT2D eigenvalue weighted by Gasteiger charge is 2.17. The Hall–Kier alpha value is -0.440. The minimum atomic E-state index is 0. The standard InChI is InChI=1S/C16H24ClNO.ClH/c1-13-7-9-18(10-8-13)11-14(2)12-19-16-5-3-15(17)4-6-16;/h3-6,13-14H,7-12H2,1-2H3;1H/t14-;/m0./s1. The van der Waals surface area contributed by atoms with E-state index in [0.29, 0.717) is 5.92 Å². The van der Waals surface area contributed by atoms with Crippen molar-refractivity contribution in [3.8, 4) is 5.75 Å². The first-order valence-corrected chi connectivity index (χ1v) is 7.62. The Morgan fingerprint density at radius 1 is 1.25 bits per heavy atom.